The summed E-state index contributed by atoms with van der Waals surface area (Å²) in [5, 5.41) is 2.95. The average molecular weight is 403 g/mol. The molecule has 0 bridgehead atoms. The summed E-state index contributed by atoms with van der Waals surface area (Å²) < 4.78 is 0. The van der Waals surface area contributed by atoms with E-state index in [-0.39, 0.29) is 30.2 Å². The Hall–Kier alpha value is -3.41. The van der Waals surface area contributed by atoms with Gasteiger partial charge in [-0.2, -0.15) is 0 Å². The van der Waals surface area contributed by atoms with Gasteiger partial charge in [-0.3, -0.25) is 14.4 Å². The Labute approximate surface area is 176 Å². The maximum absolute atomic E-state index is 12.8. The van der Waals surface area contributed by atoms with Gasteiger partial charge in [0.1, 0.15) is 0 Å². The van der Waals surface area contributed by atoms with Gasteiger partial charge in [-0.15, -0.1) is 0 Å². The highest BCUT2D eigenvalue weighted by atomic mass is 16.2. The first-order valence-electron chi connectivity index (χ1n) is 10.2. The molecule has 2 aromatic carbocycles. The standard InChI is InChI=1S/C24H25N3O3/c1-17(28)27-13-11-19-7-2-3-9-21(19)22(27)15-23(29)25-20-8-4-6-18(14-20)16-26-12-5-10-24(26)30/h2-4,6-9,11,13-14,22H,5,10,12,15-16H2,1H3,(H,25,29). The van der Waals surface area contributed by atoms with Gasteiger partial charge in [-0.05, 0) is 41.3 Å². The Morgan fingerprint density at radius 3 is 2.73 bits per heavy atom. The second-order valence-corrected chi connectivity index (χ2v) is 7.76. The lowest BCUT2D eigenvalue weighted by atomic mass is 9.93. The molecule has 0 aromatic heterocycles. The van der Waals surface area contributed by atoms with E-state index in [1.54, 1.807) is 11.1 Å². The zero-order chi connectivity index (χ0) is 21.1. The van der Waals surface area contributed by atoms with Crippen LogP contribution in [-0.4, -0.2) is 34.1 Å². The van der Waals surface area contributed by atoms with E-state index in [1.165, 1.54) is 6.92 Å². The second-order valence-electron chi connectivity index (χ2n) is 7.76. The molecule has 6 heteroatoms. The lowest BCUT2D eigenvalue weighted by Gasteiger charge is -2.32. The number of likely N-dealkylation sites (tertiary alicyclic amines) is 1. The van der Waals surface area contributed by atoms with Crippen LogP contribution in [0, 0.1) is 0 Å². The molecular weight excluding hydrogens is 378 g/mol. The summed E-state index contributed by atoms with van der Waals surface area (Å²) >= 11 is 0. The molecule has 0 spiro atoms. The Bertz CT molecular complexity index is 1010. The molecule has 1 saturated heterocycles. The number of anilines is 1. The molecule has 1 atom stereocenters. The molecular formula is C24H25N3O3. The molecule has 154 valence electrons. The number of nitrogens with zero attached hydrogens (tertiary/aromatic N) is 2. The predicted octanol–water partition coefficient (Wildman–Crippen LogP) is 3.71. The molecule has 2 aromatic rings. The van der Waals surface area contributed by atoms with Crippen molar-refractivity contribution in [1.82, 2.24) is 9.80 Å². The van der Waals surface area contributed by atoms with E-state index in [2.05, 4.69) is 5.32 Å². The van der Waals surface area contributed by atoms with Gasteiger partial charge in [-0.25, -0.2) is 0 Å². The molecule has 4 rings (SSSR count). The first-order chi connectivity index (χ1) is 14.5. The number of rotatable bonds is 5. The van der Waals surface area contributed by atoms with Crippen LogP contribution in [0.15, 0.2) is 54.7 Å². The lowest BCUT2D eigenvalue weighted by molar-refractivity contribution is -0.129. The summed E-state index contributed by atoms with van der Waals surface area (Å²) in [6, 6.07) is 15.1. The van der Waals surface area contributed by atoms with Crippen LogP contribution in [0.3, 0.4) is 0 Å². The SMILES string of the molecule is CC(=O)N1C=Cc2ccccc2C1CC(=O)Nc1cccc(CN2CCCC2=O)c1. The highest BCUT2D eigenvalue weighted by Crippen LogP contribution is 2.33. The number of hydrogen-bond donors (Lipinski definition) is 1. The highest BCUT2D eigenvalue weighted by Gasteiger charge is 2.28. The van der Waals surface area contributed by atoms with Crippen molar-refractivity contribution in [2.75, 3.05) is 11.9 Å². The third kappa shape index (κ3) is 4.27. The van der Waals surface area contributed by atoms with Crippen LogP contribution in [-0.2, 0) is 20.9 Å². The van der Waals surface area contributed by atoms with E-state index < -0.39 is 0 Å². The molecule has 1 unspecified atom stereocenters. The van der Waals surface area contributed by atoms with Crippen LogP contribution in [0.5, 0.6) is 0 Å². The molecule has 6 nitrogen and oxygen atoms in total. The van der Waals surface area contributed by atoms with Crippen molar-refractivity contribution in [3.8, 4) is 0 Å². The monoisotopic (exact) mass is 403 g/mol. The van der Waals surface area contributed by atoms with E-state index >= 15 is 0 Å². The van der Waals surface area contributed by atoms with E-state index in [0.29, 0.717) is 18.7 Å². The maximum Gasteiger partial charge on any atom is 0.226 e. The van der Waals surface area contributed by atoms with Crippen molar-refractivity contribution in [3.63, 3.8) is 0 Å². The number of carbonyl (C=O) groups is 3. The predicted molar refractivity (Wildman–Crippen MR) is 115 cm³/mol. The summed E-state index contributed by atoms with van der Waals surface area (Å²) in [4.78, 5) is 40.3. The number of carbonyl (C=O) groups excluding carboxylic acids is 3. The number of benzene rings is 2. The number of hydrogen-bond acceptors (Lipinski definition) is 3. The van der Waals surface area contributed by atoms with Crippen LogP contribution in [0.4, 0.5) is 5.69 Å². The van der Waals surface area contributed by atoms with Gasteiger partial charge in [0.05, 0.1) is 12.5 Å². The summed E-state index contributed by atoms with van der Waals surface area (Å²) in [6.45, 7) is 2.85. The van der Waals surface area contributed by atoms with Crippen molar-refractivity contribution in [2.24, 2.45) is 0 Å². The summed E-state index contributed by atoms with van der Waals surface area (Å²) in [6.07, 6.45) is 5.32. The molecule has 0 radical (unpaired) electrons. The zero-order valence-electron chi connectivity index (χ0n) is 17.0. The Kier molecular flexibility index (Phi) is 5.65. The van der Waals surface area contributed by atoms with E-state index in [1.807, 2.05) is 59.5 Å². The van der Waals surface area contributed by atoms with Crippen molar-refractivity contribution >= 4 is 29.5 Å². The van der Waals surface area contributed by atoms with Crippen molar-refractivity contribution < 1.29 is 14.4 Å². The van der Waals surface area contributed by atoms with Crippen LogP contribution < -0.4 is 5.32 Å². The van der Waals surface area contributed by atoms with Crippen LogP contribution >= 0.6 is 0 Å². The molecule has 2 heterocycles. The van der Waals surface area contributed by atoms with Gasteiger partial charge < -0.3 is 15.1 Å². The first-order valence-corrected chi connectivity index (χ1v) is 10.2. The summed E-state index contributed by atoms with van der Waals surface area (Å²) in [5.41, 5.74) is 3.66. The quantitative estimate of drug-likeness (QED) is 0.827. The fourth-order valence-electron chi connectivity index (χ4n) is 4.14. The van der Waals surface area contributed by atoms with E-state index in [9.17, 15) is 14.4 Å². The van der Waals surface area contributed by atoms with Crippen LogP contribution in [0.1, 0.15) is 48.9 Å². The van der Waals surface area contributed by atoms with Crippen LogP contribution in [0.25, 0.3) is 6.08 Å². The van der Waals surface area contributed by atoms with Crippen molar-refractivity contribution in [3.05, 3.63) is 71.4 Å². The van der Waals surface area contributed by atoms with Crippen molar-refractivity contribution in [2.45, 2.75) is 38.8 Å². The fraction of sp³-hybridized carbons (Fsp3) is 0.292. The molecule has 2 aliphatic heterocycles. The minimum atomic E-state index is -0.339. The number of amides is 3. The molecule has 1 fully saturated rings. The van der Waals surface area contributed by atoms with Crippen molar-refractivity contribution in [1.29, 1.82) is 0 Å². The Morgan fingerprint density at radius 2 is 1.97 bits per heavy atom. The smallest absolute Gasteiger partial charge is 0.226 e. The molecule has 30 heavy (non-hydrogen) atoms. The minimum Gasteiger partial charge on any atom is -0.338 e. The fourth-order valence-corrected chi connectivity index (χ4v) is 4.14. The number of nitrogens with one attached hydrogen (secondary N) is 1. The van der Waals surface area contributed by atoms with E-state index in [0.717, 1.165) is 29.7 Å². The number of fused-ring (bicyclic) bond motifs is 1. The summed E-state index contributed by atoms with van der Waals surface area (Å²) in [5.74, 6) is -0.0839. The maximum atomic E-state index is 12.8. The summed E-state index contributed by atoms with van der Waals surface area (Å²) in [7, 11) is 0. The van der Waals surface area contributed by atoms with Gasteiger partial charge in [0.15, 0.2) is 0 Å². The molecule has 3 amide bonds. The highest BCUT2D eigenvalue weighted by molar-refractivity contribution is 5.92. The molecule has 1 N–H and O–H groups in total. The third-order valence-electron chi connectivity index (χ3n) is 5.60. The van der Waals surface area contributed by atoms with Gasteiger partial charge in [0, 0.05) is 38.3 Å². The Balaban J connectivity index is 1.46. The lowest BCUT2D eigenvalue weighted by Crippen LogP contribution is -2.33. The Morgan fingerprint density at radius 1 is 1.13 bits per heavy atom. The minimum absolute atomic E-state index is 0.101. The van der Waals surface area contributed by atoms with E-state index in [4.69, 9.17) is 0 Å². The molecule has 0 saturated carbocycles. The second kappa shape index (κ2) is 8.53. The van der Waals surface area contributed by atoms with Gasteiger partial charge >= 0.3 is 0 Å². The van der Waals surface area contributed by atoms with Gasteiger partial charge in [-0.1, -0.05) is 36.4 Å². The first kappa shape index (κ1) is 19.9. The normalized spacial score (nSPS) is 17.8. The zero-order valence-corrected chi connectivity index (χ0v) is 17.0. The molecule has 2 aliphatic rings. The average Bonchev–Trinajstić information content (AvgIpc) is 3.12. The van der Waals surface area contributed by atoms with Gasteiger partial charge in [0.25, 0.3) is 0 Å². The largest absolute Gasteiger partial charge is 0.338 e. The molecule has 0 aliphatic carbocycles. The topological polar surface area (TPSA) is 69.7 Å². The third-order valence-corrected chi connectivity index (χ3v) is 5.60. The van der Waals surface area contributed by atoms with Crippen LogP contribution in [0.2, 0.25) is 0 Å². The van der Waals surface area contributed by atoms with Gasteiger partial charge in [0.2, 0.25) is 17.7 Å².